The molecule has 0 aliphatic carbocycles. The number of fused-ring (bicyclic) bond motifs is 2. The molecule has 0 aliphatic rings. The molecule has 0 radical (unpaired) electrons. The van der Waals surface area contributed by atoms with Crippen LogP contribution in [0.1, 0.15) is 0 Å². The van der Waals surface area contributed by atoms with Crippen LogP contribution >= 0.6 is 0 Å². The second-order valence-corrected chi connectivity index (χ2v) is 4.77. The molecule has 22 heavy (non-hydrogen) atoms. The second kappa shape index (κ2) is 4.29. The van der Waals surface area contributed by atoms with Gasteiger partial charge in [-0.3, -0.25) is 24.6 Å². The zero-order valence-electron chi connectivity index (χ0n) is 11.1. The molecule has 0 unspecified atom stereocenters. The van der Waals surface area contributed by atoms with Crippen LogP contribution in [0, 0.1) is 0 Å². The fourth-order valence-electron chi connectivity index (χ4n) is 2.45. The van der Waals surface area contributed by atoms with Crippen LogP contribution in [0.15, 0.2) is 50.9 Å². The van der Waals surface area contributed by atoms with E-state index in [1.54, 1.807) is 0 Å². The number of nitrogens with one attached hydrogen (secondary N) is 3. The van der Waals surface area contributed by atoms with E-state index in [1.807, 2.05) is 30.3 Å². The van der Waals surface area contributed by atoms with Crippen LogP contribution in [0.3, 0.4) is 0 Å². The van der Waals surface area contributed by atoms with E-state index in [9.17, 15) is 14.4 Å². The molecule has 3 N–H and O–H groups in total. The van der Waals surface area contributed by atoms with E-state index >= 15 is 0 Å². The Morgan fingerprint density at radius 3 is 2.45 bits per heavy atom. The van der Waals surface area contributed by atoms with Crippen LogP contribution in [-0.2, 0) is 0 Å². The largest absolute Gasteiger partial charge is 0.334 e. The zero-order valence-corrected chi connectivity index (χ0v) is 11.1. The van der Waals surface area contributed by atoms with E-state index in [2.05, 4.69) is 20.3 Å². The molecule has 0 bridgehead atoms. The predicted molar refractivity (Wildman–Crippen MR) is 80.4 cm³/mol. The molecule has 0 atom stereocenters. The van der Waals surface area contributed by atoms with Crippen molar-refractivity contribution in [3.05, 3.63) is 67.5 Å². The number of hydrogen-bond acceptors (Lipinski definition) is 4. The van der Waals surface area contributed by atoms with Gasteiger partial charge in [-0.2, -0.15) is 5.10 Å². The molecule has 0 saturated heterocycles. The van der Waals surface area contributed by atoms with Gasteiger partial charge in [0.05, 0.1) is 17.3 Å². The van der Waals surface area contributed by atoms with Gasteiger partial charge in [-0.1, -0.05) is 18.2 Å². The molecule has 0 amide bonds. The van der Waals surface area contributed by atoms with Crippen LogP contribution in [-0.4, -0.2) is 25.0 Å². The fraction of sp³-hybridized carbons (Fsp3) is 0. The molecular weight excluding hydrogens is 286 g/mol. The van der Waals surface area contributed by atoms with E-state index in [4.69, 9.17) is 0 Å². The Bertz CT molecular complexity index is 1180. The van der Waals surface area contributed by atoms with Crippen molar-refractivity contribution in [1.82, 2.24) is 25.0 Å². The fourth-order valence-corrected chi connectivity index (χ4v) is 2.45. The molecule has 0 saturated carbocycles. The van der Waals surface area contributed by atoms with Crippen molar-refractivity contribution in [2.45, 2.75) is 0 Å². The van der Waals surface area contributed by atoms with Gasteiger partial charge in [0.1, 0.15) is 16.6 Å². The third kappa shape index (κ3) is 1.57. The number of rotatable bonds is 1. The van der Waals surface area contributed by atoms with Crippen molar-refractivity contribution >= 4 is 21.9 Å². The molecule has 8 nitrogen and oxygen atoms in total. The van der Waals surface area contributed by atoms with Crippen molar-refractivity contribution in [1.29, 1.82) is 0 Å². The van der Waals surface area contributed by atoms with Gasteiger partial charge in [0.25, 0.3) is 11.1 Å². The topological polar surface area (TPSA) is 116 Å². The Balaban J connectivity index is 2.23. The van der Waals surface area contributed by atoms with E-state index < -0.39 is 16.5 Å². The summed E-state index contributed by atoms with van der Waals surface area (Å²) in [6.07, 6.45) is 1.38. The molecule has 0 aliphatic heterocycles. The minimum absolute atomic E-state index is 0.0704. The number of aromatic nitrogens is 5. The molecule has 4 aromatic rings. The minimum atomic E-state index is -0.648. The first kappa shape index (κ1) is 12.3. The first-order valence-electron chi connectivity index (χ1n) is 6.47. The summed E-state index contributed by atoms with van der Waals surface area (Å²) in [4.78, 5) is 39.0. The van der Waals surface area contributed by atoms with E-state index in [1.165, 1.54) is 10.9 Å². The summed E-state index contributed by atoms with van der Waals surface area (Å²) in [7, 11) is 0. The van der Waals surface area contributed by atoms with Crippen molar-refractivity contribution in [2.24, 2.45) is 0 Å². The molecule has 4 rings (SSSR count). The van der Waals surface area contributed by atoms with Crippen molar-refractivity contribution < 1.29 is 0 Å². The molecular formula is C14H9N5O3. The lowest BCUT2D eigenvalue weighted by Crippen LogP contribution is -2.25. The number of para-hydroxylation sites is 1. The highest BCUT2D eigenvalue weighted by atomic mass is 16.2. The number of nitrogens with zero attached hydrogens (tertiary/aromatic N) is 2. The van der Waals surface area contributed by atoms with Crippen molar-refractivity contribution in [3.8, 4) is 5.69 Å². The summed E-state index contributed by atoms with van der Waals surface area (Å²) < 4.78 is 1.51. The van der Waals surface area contributed by atoms with E-state index in [0.29, 0.717) is 5.65 Å². The van der Waals surface area contributed by atoms with Crippen LogP contribution < -0.4 is 16.5 Å². The lowest BCUT2D eigenvalue weighted by molar-refractivity contribution is 0.897. The Morgan fingerprint density at radius 2 is 1.68 bits per heavy atom. The SMILES string of the molecule is O=c1[nH][nH]c(=O)c2c(=O)c3cnn(-c4ccccc4)c3[nH]c12. The van der Waals surface area contributed by atoms with Crippen LogP contribution in [0.5, 0.6) is 0 Å². The number of benzene rings is 1. The van der Waals surface area contributed by atoms with Gasteiger partial charge in [0.2, 0.25) is 5.43 Å². The average molecular weight is 295 g/mol. The summed E-state index contributed by atoms with van der Waals surface area (Å²) in [5, 5.41) is 8.55. The van der Waals surface area contributed by atoms with Gasteiger partial charge in [0, 0.05) is 0 Å². The van der Waals surface area contributed by atoms with Gasteiger partial charge in [-0.25, -0.2) is 4.68 Å². The highest BCUT2D eigenvalue weighted by Crippen LogP contribution is 2.14. The van der Waals surface area contributed by atoms with Crippen molar-refractivity contribution in [3.63, 3.8) is 0 Å². The van der Waals surface area contributed by atoms with E-state index in [0.717, 1.165) is 5.69 Å². The Hall–Kier alpha value is -3.42. The Morgan fingerprint density at radius 1 is 0.955 bits per heavy atom. The van der Waals surface area contributed by atoms with Gasteiger partial charge >= 0.3 is 0 Å². The zero-order chi connectivity index (χ0) is 15.3. The predicted octanol–water partition coefficient (Wildman–Crippen LogP) is 0.244. The summed E-state index contributed by atoms with van der Waals surface area (Å²) in [6, 6.07) is 9.16. The maximum Gasteiger partial charge on any atom is 0.287 e. The molecule has 1 aromatic carbocycles. The van der Waals surface area contributed by atoms with Gasteiger partial charge in [-0.15, -0.1) is 0 Å². The Labute approximate surface area is 121 Å². The third-order valence-corrected chi connectivity index (χ3v) is 3.48. The molecule has 8 heteroatoms. The maximum atomic E-state index is 12.5. The van der Waals surface area contributed by atoms with Crippen LogP contribution in [0.25, 0.3) is 27.6 Å². The summed E-state index contributed by atoms with van der Waals surface area (Å²) >= 11 is 0. The lowest BCUT2D eigenvalue weighted by Gasteiger charge is -2.03. The van der Waals surface area contributed by atoms with Gasteiger partial charge in [0.15, 0.2) is 0 Å². The number of aromatic amines is 3. The van der Waals surface area contributed by atoms with Crippen molar-refractivity contribution in [2.75, 3.05) is 0 Å². The lowest BCUT2D eigenvalue weighted by atomic mass is 10.2. The summed E-state index contributed by atoms with van der Waals surface area (Å²) in [5.74, 6) is 0. The monoisotopic (exact) mass is 295 g/mol. The third-order valence-electron chi connectivity index (χ3n) is 3.48. The number of hydrogen-bond donors (Lipinski definition) is 3. The second-order valence-electron chi connectivity index (χ2n) is 4.77. The van der Waals surface area contributed by atoms with Gasteiger partial charge < -0.3 is 4.98 Å². The normalized spacial score (nSPS) is 11.3. The number of H-pyrrole nitrogens is 3. The number of pyridine rings is 1. The van der Waals surface area contributed by atoms with Crippen LogP contribution in [0.2, 0.25) is 0 Å². The van der Waals surface area contributed by atoms with Gasteiger partial charge in [-0.05, 0) is 12.1 Å². The maximum absolute atomic E-state index is 12.5. The Kier molecular flexibility index (Phi) is 2.40. The molecule has 108 valence electrons. The average Bonchev–Trinajstić information content (AvgIpc) is 2.96. The van der Waals surface area contributed by atoms with Crippen LogP contribution in [0.4, 0.5) is 0 Å². The molecule has 0 fully saturated rings. The van der Waals surface area contributed by atoms with E-state index in [-0.39, 0.29) is 16.3 Å². The first-order chi connectivity index (χ1) is 10.7. The highest BCUT2D eigenvalue weighted by molar-refractivity contribution is 5.90. The molecule has 3 aromatic heterocycles. The highest BCUT2D eigenvalue weighted by Gasteiger charge is 2.15. The molecule has 3 heterocycles. The first-order valence-corrected chi connectivity index (χ1v) is 6.47. The molecule has 0 spiro atoms. The summed E-state index contributed by atoms with van der Waals surface area (Å²) in [5.41, 5.74) is -0.731. The summed E-state index contributed by atoms with van der Waals surface area (Å²) in [6.45, 7) is 0. The standard InChI is InChI=1S/C14H9N5O3/c20-11-8-6-15-19(7-4-2-1-3-5-7)12(8)16-10-9(11)13(21)17-18-14(10)22/h1-6H,(H,16,20)(H,17,21)(H,18,22). The minimum Gasteiger partial charge on any atom is -0.334 e. The quantitative estimate of drug-likeness (QED) is 0.466. The smallest absolute Gasteiger partial charge is 0.287 e.